The normalized spacial score (nSPS) is 16.1. The standard InChI is InChI=1S/C15H20N2O3/c16-13-4-2-1-3-11(13)5-6-14(18)17-9-7-12(8-10-17)15(19)20/h1-4,12H,5-10,16H2,(H,19,20). The van der Waals surface area contributed by atoms with Crippen LogP contribution >= 0.6 is 0 Å². The molecule has 20 heavy (non-hydrogen) atoms. The summed E-state index contributed by atoms with van der Waals surface area (Å²) in [7, 11) is 0. The van der Waals surface area contributed by atoms with Gasteiger partial charge in [0, 0.05) is 25.2 Å². The molecule has 0 aliphatic carbocycles. The van der Waals surface area contributed by atoms with Crippen molar-refractivity contribution in [1.82, 2.24) is 4.90 Å². The first-order chi connectivity index (χ1) is 9.58. The van der Waals surface area contributed by atoms with Crippen LogP contribution in [0.3, 0.4) is 0 Å². The molecule has 1 aromatic carbocycles. The van der Waals surface area contributed by atoms with Gasteiger partial charge in [0.05, 0.1) is 5.92 Å². The van der Waals surface area contributed by atoms with Gasteiger partial charge >= 0.3 is 5.97 Å². The number of amides is 1. The summed E-state index contributed by atoms with van der Waals surface area (Å²) in [6.07, 6.45) is 2.15. The zero-order valence-corrected chi connectivity index (χ0v) is 11.4. The Kier molecular flexibility index (Phi) is 4.61. The van der Waals surface area contributed by atoms with E-state index in [1.807, 2.05) is 24.3 Å². The molecule has 0 radical (unpaired) electrons. The second kappa shape index (κ2) is 6.41. The summed E-state index contributed by atoms with van der Waals surface area (Å²) in [5, 5.41) is 8.93. The number of carboxylic acid groups (broad SMARTS) is 1. The van der Waals surface area contributed by atoms with Gasteiger partial charge in [0.1, 0.15) is 0 Å². The number of hydrogen-bond acceptors (Lipinski definition) is 3. The molecule has 0 bridgehead atoms. The van der Waals surface area contributed by atoms with Gasteiger partial charge in [0.2, 0.25) is 5.91 Å². The van der Waals surface area contributed by atoms with Crippen LogP contribution in [0.1, 0.15) is 24.8 Å². The Labute approximate surface area is 118 Å². The van der Waals surface area contributed by atoms with Crippen molar-refractivity contribution in [3.05, 3.63) is 29.8 Å². The molecule has 0 saturated carbocycles. The van der Waals surface area contributed by atoms with Gasteiger partial charge in [0.15, 0.2) is 0 Å². The summed E-state index contributed by atoms with van der Waals surface area (Å²) in [4.78, 5) is 24.7. The zero-order valence-electron chi connectivity index (χ0n) is 11.4. The number of benzene rings is 1. The molecular formula is C15H20N2O3. The van der Waals surface area contributed by atoms with E-state index in [0.717, 1.165) is 5.56 Å². The Hall–Kier alpha value is -2.04. The third-order valence-corrected chi connectivity index (χ3v) is 3.86. The number of anilines is 1. The van der Waals surface area contributed by atoms with Crippen molar-refractivity contribution in [2.75, 3.05) is 18.8 Å². The number of hydrogen-bond donors (Lipinski definition) is 2. The molecule has 1 fully saturated rings. The molecule has 0 spiro atoms. The van der Waals surface area contributed by atoms with Crippen LogP contribution in [0.4, 0.5) is 5.69 Å². The number of carboxylic acids is 1. The first-order valence-electron chi connectivity index (χ1n) is 6.92. The van der Waals surface area contributed by atoms with E-state index >= 15 is 0 Å². The maximum Gasteiger partial charge on any atom is 0.306 e. The summed E-state index contributed by atoms with van der Waals surface area (Å²) in [6.45, 7) is 1.08. The van der Waals surface area contributed by atoms with E-state index in [-0.39, 0.29) is 11.8 Å². The lowest BCUT2D eigenvalue weighted by Gasteiger charge is -2.30. The molecule has 5 nitrogen and oxygen atoms in total. The van der Waals surface area contributed by atoms with Crippen LogP contribution < -0.4 is 5.73 Å². The Morgan fingerprint density at radius 2 is 1.90 bits per heavy atom. The van der Waals surface area contributed by atoms with Crippen LogP contribution in [0.15, 0.2) is 24.3 Å². The number of rotatable bonds is 4. The number of piperidine rings is 1. The SMILES string of the molecule is Nc1ccccc1CCC(=O)N1CCC(C(=O)O)CC1. The van der Waals surface area contributed by atoms with Crippen molar-refractivity contribution < 1.29 is 14.7 Å². The number of nitrogens with two attached hydrogens (primary N) is 1. The third-order valence-electron chi connectivity index (χ3n) is 3.86. The fourth-order valence-corrected chi connectivity index (χ4v) is 2.54. The van der Waals surface area contributed by atoms with Crippen LogP contribution in [0.25, 0.3) is 0 Å². The van der Waals surface area contributed by atoms with Crippen molar-refractivity contribution >= 4 is 17.6 Å². The van der Waals surface area contributed by atoms with Crippen molar-refractivity contribution in [3.63, 3.8) is 0 Å². The predicted molar refractivity (Wildman–Crippen MR) is 76.1 cm³/mol. The summed E-state index contributed by atoms with van der Waals surface area (Å²) < 4.78 is 0. The van der Waals surface area contributed by atoms with Gasteiger partial charge in [-0.3, -0.25) is 9.59 Å². The maximum atomic E-state index is 12.1. The number of carbonyl (C=O) groups excluding carboxylic acids is 1. The van der Waals surface area contributed by atoms with E-state index < -0.39 is 5.97 Å². The number of nitrogen functional groups attached to an aromatic ring is 1. The quantitative estimate of drug-likeness (QED) is 0.817. The zero-order chi connectivity index (χ0) is 14.5. The van der Waals surface area contributed by atoms with Crippen LogP contribution in [0.2, 0.25) is 0 Å². The van der Waals surface area contributed by atoms with Gasteiger partial charge in [-0.2, -0.15) is 0 Å². The monoisotopic (exact) mass is 276 g/mol. The number of aliphatic carboxylic acids is 1. The molecule has 1 aliphatic heterocycles. The first-order valence-corrected chi connectivity index (χ1v) is 6.92. The molecule has 0 atom stereocenters. The largest absolute Gasteiger partial charge is 0.481 e. The first kappa shape index (κ1) is 14.4. The third kappa shape index (κ3) is 3.50. The molecule has 2 rings (SSSR count). The van der Waals surface area contributed by atoms with Gasteiger partial charge in [-0.15, -0.1) is 0 Å². The fraction of sp³-hybridized carbons (Fsp3) is 0.467. The molecule has 3 N–H and O–H groups in total. The molecular weight excluding hydrogens is 256 g/mol. The van der Waals surface area contributed by atoms with Crippen molar-refractivity contribution in [3.8, 4) is 0 Å². The van der Waals surface area contributed by atoms with Gasteiger partial charge in [-0.05, 0) is 30.9 Å². The van der Waals surface area contributed by atoms with Crippen LogP contribution in [-0.2, 0) is 16.0 Å². The lowest BCUT2D eigenvalue weighted by atomic mass is 9.96. The summed E-state index contributed by atoms with van der Waals surface area (Å²) in [6, 6.07) is 7.54. The number of nitrogens with zero attached hydrogens (tertiary/aromatic N) is 1. The number of para-hydroxylation sites is 1. The lowest BCUT2D eigenvalue weighted by Crippen LogP contribution is -2.40. The van der Waals surface area contributed by atoms with Gasteiger partial charge in [-0.1, -0.05) is 18.2 Å². The van der Waals surface area contributed by atoms with E-state index in [2.05, 4.69) is 0 Å². The minimum Gasteiger partial charge on any atom is -0.481 e. The summed E-state index contributed by atoms with van der Waals surface area (Å²) in [5.74, 6) is -0.977. The lowest BCUT2D eigenvalue weighted by molar-refractivity contribution is -0.145. The average molecular weight is 276 g/mol. The van der Waals surface area contributed by atoms with Crippen LogP contribution in [0, 0.1) is 5.92 Å². The van der Waals surface area contributed by atoms with E-state index in [0.29, 0.717) is 44.5 Å². The molecule has 0 unspecified atom stereocenters. The van der Waals surface area contributed by atoms with E-state index in [1.165, 1.54) is 0 Å². The second-order valence-corrected chi connectivity index (χ2v) is 5.19. The second-order valence-electron chi connectivity index (χ2n) is 5.19. The molecule has 1 saturated heterocycles. The Morgan fingerprint density at radius 1 is 1.25 bits per heavy atom. The Bertz CT molecular complexity index is 494. The molecule has 108 valence electrons. The highest BCUT2D eigenvalue weighted by Gasteiger charge is 2.26. The molecule has 1 amide bonds. The summed E-state index contributed by atoms with van der Waals surface area (Å²) >= 11 is 0. The van der Waals surface area contributed by atoms with Gasteiger partial charge < -0.3 is 15.7 Å². The molecule has 5 heteroatoms. The van der Waals surface area contributed by atoms with Crippen LogP contribution in [0.5, 0.6) is 0 Å². The minimum atomic E-state index is -0.755. The van der Waals surface area contributed by atoms with Crippen molar-refractivity contribution in [1.29, 1.82) is 0 Å². The van der Waals surface area contributed by atoms with Crippen molar-refractivity contribution in [2.45, 2.75) is 25.7 Å². The smallest absolute Gasteiger partial charge is 0.306 e. The summed E-state index contributed by atoms with van der Waals surface area (Å²) in [5.41, 5.74) is 7.55. The Balaban J connectivity index is 1.82. The highest BCUT2D eigenvalue weighted by atomic mass is 16.4. The maximum absolute atomic E-state index is 12.1. The highest BCUT2D eigenvalue weighted by Crippen LogP contribution is 2.19. The van der Waals surface area contributed by atoms with E-state index in [4.69, 9.17) is 10.8 Å². The predicted octanol–water partition coefficient (Wildman–Crippen LogP) is 1.52. The Morgan fingerprint density at radius 3 is 2.50 bits per heavy atom. The number of aryl methyl sites for hydroxylation is 1. The van der Waals surface area contributed by atoms with Gasteiger partial charge in [0.25, 0.3) is 0 Å². The van der Waals surface area contributed by atoms with E-state index in [9.17, 15) is 9.59 Å². The number of likely N-dealkylation sites (tertiary alicyclic amines) is 1. The van der Waals surface area contributed by atoms with Gasteiger partial charge in [-0.25, -0.2) is 0 Å². The van der Waals surface area contributed by atoms with Crippen LogP contribution in [-0.4, -0.2) is 35.0 Å². The molecule has 1 aromatic rings. The molecule has 1 aliphatic rings. The minimum absolute atomic E-state index is 0.0806. The average Bonchev–Trinajstić information content (AvgIpc) is 2.46. The molecule has 0 aromatic heterocycles. The number of carbonyl (C=O) groups is 2. The van der Waals surface area contributed by atoms with E-state index in [1.54, 1.807) is 4.90 Å². The van der Waals surface area contributed by atoms with Crippen molar-refractivity contribution in [2.24, 2.45) is 5.92 Å². The fourth-order valence-electron chi connectivity index (χ4n) is 2.54. The molecule has 1 heterocycles. The topological polar surface area (TPSA) is 83.6 Å². The highest BCUT2D eigenvalue weighted by molar-refractivity contribution is 5.77.